The molecule has 3 heterocycles. The maximum Gasteiger partial charge on any atom is 0.174 e. The number of nitrogens with one attached hydrogen (secondary N) is 1. The molecule has 5 rings (SSSR count). The van der Waals surface area contributed by atoms with Gasteiger partial charge in [-0.05, 0) is 99.1 Å². The third-order valence-electron chi connectivity index (χ3n) is 6.67. The number of para-hydroxylation sites is 1. The first-order valence-electron chi connectivity index (χ1n) is 11.3. The van der Waals surface area contributed by atoms with E-state index in [0.717, 1.165) is 16.5 Å². The third kappa shape index (κ3) is 3.72. The van der Waals surface area contributed by atoms with E-state index in [1.807, 2.05) is 18.3 Å². The van der Waals surface area contributed by atoms with Crippen molar-refractivity contribution >= 4 is 23.0 Å². The van der Waals surface area contributed by atoms with E-state index in [-0.39, 0.29) is 12.1 Å². The SMILES string of the molecule is Cc1ccc(N2C(=S)N[C@H](c3ccccn3)[C@H]2c2cc(C)n(-c3ccccc3)c2C)cc1C. The fourth-order valence-corrected chi connectivity index (χ4v) is 5.23. The number of anilines is 1. The Labute approximate surface area is 200 Å². The predicted molar refractivity (Wildman–Crippen MR) is 139 cm³/mol. The number of benzene rings is 2. The third-order valence-corrected chi connectivity index (χ3v) is 6.98. The van der Waals surface area contributed by atoms with Crippen molar-refractivity contribution in [3.63, 3.8) is 0 Å². The minimum absolute atomic E-state index is 0.0156. The lowest BCUT2D eigenvalue weighted by Crippen LogP contribution is -2.29. The van der Waals surface area contributed by atoms with E-state index >= 15 is 0 Å². The van der Waals surface area contributed by atoms with Gasteiger partial charge in [-0.15, -0.1) is 0 Å². The average molecular weight is 453 g/mol. The van der Waals surface area contributed by atoms with Gasteiger partial charge in [-0.2, -0.15) is 0 Å². The molecule has 1 saturated heterocycles. The molecule has 166 valence electrons. The van der Waals surface area contributed by atoms with Gasteiger partial charge in [0.05, 0.1) is 17.8 Å². The first kappa shape index (κ1) is 21.4. The normalized spacial score (nSPS) is 17.9. The van der Waals surface area contributed by atoms with Crippen LogP contribution < -0.4 is 10.2 Å². The van der Waals surface area contributed by atoms with Crippen molar-refractivity contribution in [1.82, 2.24) is 14.9 Å². The fraction of sp³-hybridized carbons (Fsp3) is 0.214. The molecular formula is C28H28N4S. The van der Waals surface area contributed by atoms with Gasteiger partial charge in [-0.3, -0.25) is 4.98 Å². The molecule has 0 spiro atoms. The Morgan fingerprint density at radius 1 is 0.818 bits per heavy atom. The van der Waals surface area contributed by atoms with E-state index in [2.05, 4.69) is 103 Å². The highest BCUT2D eigenvalue weighted by Crippen LogP contribution is 2.44. The summed E-state index contributed by atoms with van der Waals surface area (Å²) in [5.41, 5.74) is 9.44. The molecule has 1 fully saturated rings. The summed E-state index contributed by atoms with van der Waals surface area (Å²) in [6.07, 6.45) is 1.85. The largest absolute Gasteiger partial charge is 0.351 e. The van der Waals surface area contributed by atoms with E-state index in [9.17, 15) is 0 Å². The summed E-state index contributed by atoms with van der Waals surface area (Å²) in [7, 11) is 0. The summed E-state index contributed by atoms with van der Waals surface area (Å²) >= 11 is 5.91. The van der Waals surface area contributed by atoms with Crippen LogP contribution in [0.25, 0.3) is 5.69 Å². The van der Waals surface area contributed by atoms with Crippen molar-refractivity contribution in [2.45, 2.75) is 39.8 Å². The molecule has 2 aromatic heterocycles. The molecule has 33 heavy (non-hydrogen) atoms. The van der Waals surface area contributed by atoms with Gasteiger partial charge < -0.3 is 14.8 Å². The van der Waals surface area contributed by atoms with E-state index in [4.69, 9.17) is 17.2 Å². The molecule has 0 aliphatic carbocycles. The number of thiocarbonyl (C=S) groups is 1. The lowest BCUT2D eigenvalue weighted by Gasteiger charge is -2.28. The molecule has 0 bridgehead atoms. The van der Waals surface area contributed by atoms with Crippen molar-refractivity contribution in [2.24, 2.45) is 0 Å². The predicted octanol–water partition coefficient (Wildman–Crippen LogP) is 6.28. The fourth-order valence-electron chi connectivity index (χ4n) is 4.89. The zero-order valence-corrected chi connectivity index (χ0v) is 20.2. The summed E-state index contributed by atoms with van der Waals surface area (Å²) in [6.45, 7) is 8.66. The Morgan fingerprint density at radius 3 is 2.27 bits per heavy atom. The van der Waals surface area contributed by atoms with Gasteiger partial charge in [0.2, 0.25) is 0 Å². The standard InChI is InChI=1S/C28H28N4S/c1-18-13-14-23(16-19(18)2)32-27(26(30-28(32)33)25-12-8-9-15-29-25)24-17-20(3)31(21(24)4)22-10-6-5-7-11-22/h5-17,26-27H,1-4H3,(H,30,33)/t26-,27-/m1/s1. The molecule has 1 N–H and O–H groups in total. The minimum atomic E-state index is -0.0509. The highest BCUT2D eigenvalue weighted by atomic mass is 32.1. The van der Waals surface area contributed by atoms with Crippen molar-refractivity contribution in [3.05, 3.63) is 113 Å². The molecule has 5 heteroatoms. The first-order valence-corrected chi connectivity index (χ1v) is 11.7. The number of hydrogen-bond donors (Lipinski definition) is 1. The van der Waals surface area contributed by atoms with Gasteiger partial charge in [0, 0.05) is 29.0 Å². The Kier molecular flexibility index (Phi) is 5.51. The van der Waals surface area contributed by atoms with Crippen molar-refractivity contribution < 1.29 is 0 Å². The van der Waals surface area contributed by atoms with E-state index in [1.54, 1.807) is 0 Å². The number of nitrogens with zero attached hydrogens (tertiary/aromatic N) is 3. The number of aromatic nitrogens is 2. The van der Waals surface area contributed by atoms with Crippen LogP contribution in [0, 0.1) is 27.7 Å². The average Bonchev–Trinajstić information content (AvgIpc) is 3.32. The number of hydrogen-bond acceptors (Lipinski definition) is 2. The van der Waals surface area contributed by atoms with Gasteiger partial charge >= 0.3 is 0 Å². The zero-order valence-electron chi connectivity index (χ0n) is 19.4. The van der Waals surface area contributed by atoms with Crippen molar-refractivity contribution in [3.8, 4) is 5.69 Å². The lowest BCUT2D eigenvalue weighted by atomic mass is 9.96. The van der Waals surface area contributed by atoms with Crippen LogP contribution in [0.5, 0.6) is 0 Å². The molecule has 4 aromatic rings. The molecule has 0 unspecified atom stereocenters. The monoisotopic (exact) mass is 452 g/mol. The summed E-state index contributed by atoms with van der Waals surface area (Å²) in [4.78, 5) is 6.95. The maximum atomic E-state index is 5.91. The molecule has 0 radical (unpaired) electrons. The topological polar surface area (TPSA) is 33.1 Å². The second-order valence-corrected chi connectivity index (χ2v) is 9.15. The van der Waals surface area contributed by atoms with Gasteiger partial charge in [-0.25, -0.2) is 0 Å². The Bertz CT molecular complexity index is 1310. The molecule has 0 amide bonds. The van der Waals surface area contributed by atoms with Crippen LogP contribution in [0.2, 0.25) is 0 Å². The number of rotatable bonds is 4. The first-order chi connectivity index (χ1) is 16.0. The Balaban J connectivity index is 1.69. The summed E-state index contributed by atoms with van der Waals surface area (Å²) in [6, 6.07) is 25.4. The molecule has 2 atom stereocenters. The Hall–Kier alpha value is -3.44. The van der Waals surface area contributed by atoms with Crippen LogP contribution in [-0.2, 0) is 0 Å². The number of aryl methyl sites for hydroxylation is 3. The van der Waals surface area contributed by atoms with Gasteiger partial charge in [-0.1, -0.05) is 30.3 Å². The van der Waals surface area contributed by atoms with Crippen molar-refractivity contribution in [1.29, 1.82) is 0 Å². The smallest absolute Gasteiger partial charge is 0.174 e. The quantitative estimate of drug-likeness (QED) is 0.369. The molecular weight excluding hydrogens is 424 g/mol. The van der Waals surface area contributed by atoms with E-state index < -0.39 is 0 Å². The highest BCUT2D eigenvalue weighted by molar-refractivity contribution is 7.80. The molecule has 2 aromatic carbocycles. The summed E-state index contributed by atoms with van der Waals surface area (Å²) < 4.78 is 2.32. The number of pyridine rings is 1. The second kappa shape index (κ2) is 8.49. The molecule has 1 aliphatic rings. The summed E-state index contributed by atoms with van der Waals surface area (Å²) in [5.74, 6) is 0. The van der Waals surface area contributed by atoms with Crippen LogP contribution in [0.4, 0.5) is 5.69 Å². The van der Waals surface area contributed by atoms with Gasteiger partial charge in [0.1, 0.15) is 0 Å². The van der Waals surface area contributed by atoms with E-state index in [0.29, 0.717) is 0 Å². The second-order valence-electron chi connectivity index (χ2n) is 8.76. The van der Waals surface area contributed by atoms with Crippen molar-refractivity contribution in [2.75, 3.05) is 4.90 Å². The highest BCUT2D eigenvalue weighted by Gasteiger charge is 2.42. The van der Waals surface area contributed by atoms with Crippen LogP contribution in [-0.4, -0.2) is 14.7 Å². The summed E-state index contributed by atoms with van der Waals surface area (Å²) in [5, 5.41) is 4.31. The van der Waals surface area contributed by atoms with Crippen LogP contribution in [0.15, 0.2) is 79.0 Å². The molecule has 0 saturated carbocycles. The molecule has 1 aliphatic heterocycles. The lowest BCUT2D eigenvalue weighted by molar-refractivity contribution is 0.565. The van der Waals surface area contributed by atoms with Crippen LogP contribution in [0.1, 0.15) is 45.9 Å². The zero-order chi connectivity index (χ0) is 23.1. The Morgan fingerprint density at radius 2 is 1.58 bits per heavy atom. The van der Waals surface area contributed by atoms with E-state index in [1.165, 1.54) is 33.8 Å². The van der Waals surface area contributed by atoms with Gasteiger partial charge in [0.15, 0.2) is 5.11 Å². The van der Waals surface area contributed by atoms with Crippen LogP contribution >= 0.6 is 12.2 Å². The molecule has 4 nitrogen and oxygen atoms in total. The van der Waals surface area contributed by atoms with Crippen LogP contribution in [0.3, 0.4) is 0 Å². The van der Waals surface area contributed by atoms with Gasteiger partial charge in [0.25, 0.3) is 0 Å². The maximum absolute atomic E-state index is 5.91. The minimum Gasteiger partial charge on any atom is -0.351 e.